The highest BCUT2D eigenvalue weighted by Crippen LogP contribution is 2.39. The number of rotatable bonds is 6. The smallest absolute Gasteiger partial charge is 0.323 e. The van der Waals surface area contributed by atoms with E-state index in [0.717, 1.165) is 16.7 Å². The molecular formula is C16H16ClNO5S2. The van der Waals surface area contributed by atoms with Gasteiger partial charge in [0, 0.05) is 0 Å². The standard InChI is InChI=1S/C16H16ClNO5S2/c1-8(2)23-14-10(17)4-9(5-11(14)22-3)6-12-15(21)18(7-13(19)20)16(24)25-12/h4-6,8H,7H2,1-3H3,(H,19,20)/b12-6-. The number of methoxy groups -OCH3 is 1. The van der Waals surface area contributed by atoms with Crippen molar-refractivity contribution >= 4 is 57.9 Å². The second-order valence-corrected chi connectivity index (χ2v) is 7.45. The molecule has 1 heterocycles. The number of halogens is 1. The van der Waals surface area contributed by atoms with Crippen molar-refractivity contribution < 1.29 is 24.2 Å². The third-order valence-electron chi connectivity index (χ3n) is 3.07. The molecule has 9 heteroatoms. The first-order valence-corrected chi connectivity index (χ1v) is 8.84. The Morgan fingerprint density at radius 2 is 2.16 bits per heavy atom. The molecule has 0 radical (unpaired) electrons. The number of hydrogen-bond donors (Lipinski definition) is 1. The van der Waals surface area contributed by atoms with E-state index in [1.165, 1.54) is 7.11 Å². The molecular weight excluding hydrogens is 386 g/mol. The fourth-order valence-corrected chi connectivity index (χ4v) is 3.61. The van der Waals surface area contributed by atoms with Crippen LogP contribution in [0.15, 0.2) is 17.0 Å². The zero-order valence-electron chi connectivity index (χ0n) is 13.7. The summed E-state index contributed by atoms with van der Waals surface area (Å²) in [5, 5.41) is 9.21. The van der Waals surface area contributed by atoms with Crippen LogP contribution in [0.3, 0.4) is 0 Å². The minimum Gasteiger partial charge on any atom is -0.493 e. The third-order valence-corrected chi connectivity index (χ3v) is 4.73. The Bertz CT molecular complexity index is 763. The quantitative estimate of drug-likeness (QED) is 0.578. The topological polar surface area (TPSA) is 76.1 Å². The van der Waals surface area contributed by atoms with Gasteiger partial charge in [0.05, 0.1) is 23.1 Å². The number of carboxylic acid groups (broad SMARTS) is 1. The molecule has 0 aromatic heterocycles. The van der Waals surface area contributed by atoms with Gasteiger partial charge in [0.15, 0.2) is 11.5 Å². The van der Waals surface area contributed by atoms with Gasteiger partial charge in [-0.25, -0.2) is 0 Å². The zero-order valence-corrected chi connectivity index (χ0v) is 16.1. The van der Waals surface area contributed by atoms with E-state index in [4.69, 9.17) is 38.4 Å². The van der Waals surface area contributed by atoms with Crippen LogP contribution in [0.2, 0.25) is 5.02 Å². The molecule has 1 N–H and O–H groups in total. The summed E-state index contributed by atoms with van der Waals surface area (Å²) in [6, 6.07) is 3.33. The Hall–Kier alpha value is -1.77. The van der Waals surface area contributed by atoms with E-state index < -0.39 is 18.4 Å². The van der Waals surface area contributed by atoms with Crippen molar-refractivity contribution in [3.8, 4) is 11.5 Å². The molecule has 0 unspecified atom stereocenters. The summed E-state index contributed by atoms with van der Waals surface area (Å²) < 4.78 is 11.2. The van der Waals surface area contributed by atoms with E-state index in [-0.39, 0.29) is 10.4 Å². The summed E-state index contributed by atoms with van der Waals surface area (Å²) in [5.41, 5.74) is 0.619. The van der Waals surface area contributed by atoms with Crippen molar-refractivity contribution in [2.24, 2.45) is 0 Å². The molecule has 0 aliphatic carbocycles. The summed E-state index contributed by atoms with van der Waals surface area (Å²) in [6.07, 6.45) is 1.51. The summed E-state index contributed by atoms with van der Waals surface area (Å²) in [7, 11) is 1.50. The van der Waals surface area contributed by atoms with Crippen molar-refractivity contribution in [2.45, 2.75) is 20.0 Å². The average Bonchev–Trinajstić information content (AvgIpc) is 2.76. The normalized spacial score (nSPS) is 16.0. The maximum absolute atomic E-state index is 12.3. The van der Waals surface area contributed by atoms with Crippen molar-refractivity contribution in [1.29, 1.82) is 0 Å². The largest absolute Gasteiger partial charge is 0.493 e. The number of thiocarbonyl (C=S) groups is 1. The Labute approximate surface area is 159 Å². The molecule has 25 heavy (non-hydrogen) atoms. The van der Waals surface area contributed by atoms with Gasteiger partial charge in [-0.15, -0.1) is 0 Å². The van der Waals surface area contributed by atoms with Gasteiger partial charge >= 0.3 is 5.97 Å². The number of nitrogens with zero attached hydrogens (tertiary/aromatic N) is 1. The van der Waals surface area contributed by atoms with Gasteiger partial charge in [-0.3, -0.25) is 14.5 Å². The number of hydrogen-bond acceptors (Lipinski definition) is 6. The van der Waals surface area contributed by atoms with E-state index in [1.54, 1.807) is 18.2 Å². The molecule has 1 fully saturated rings. The van der Waals surface area contributed by atoms with Crippen LogP contribution in [0.1, 0.15) is 19.4 Å². The molecule has 2 rings (SSSR count). The average molecular weight is 402 g/mol. The monoisotopic (exact) mass is 401 g/mol. The van der Waals surface area contributed by atoms with Gasteiger partial charge in [0.2, 0.25) is 0 Å². The highest BCUT2D eigenvalue weighted by atomic mass is 35.5. The minimum absolute atomic E-state index is 0.0791. The molecule has 1 aliphatic heterocycles. The van der Waals surface area contributed by atoms with E-state index in [2.05, 4.69) is 0 Å². The van der Waals surface area contributed by atoms with Crippen molar-refractivity contribution in [3.05, 3.63) is 27.6 Å². The second-order valence-electron chi connectivity index (χ2n) is 5.36. The molecule has 1 saturated heterocycles. The molecule has 1 aliphatic rings. The lowest BCUT2D eigenvalue weighted by Gasteiger charge is -2.15. The summed E-state index contributed by atoms with van der Waals surface area (Å²) in [6.45, 7) is 3.28. The van der Waals surface area contributed by atoms with Crippen LogP contribution in [0.4, 0.5) is 0 Å². The lowest BCUT2D eigenvalue weighted by molar-refractivity contribution is -0.140. The lowest BCUT2D eigenvalue weighted by atomic mass is 10.1. The first-order chi connectivity index (χ1) is 11.7. The number of carboxylic acids is 1. The Kier molecular flexibility index (Phi) is 6.31. The van der Waals surface area contributed by atoms with Gasteiger partial charge in [-0.1, -0.05) is 35.6 Å². The zero-order chi connectivity index (χ0) is 18.7. The second kappa shape index (κ2) is 8.07. The first-order valence-electron chi connectivity index (χ1n) is 7.24. The van der Waals surface area contributed by atoms with Crippen LogP contribution in [0, 0.1) is 0 Å². The van der Waals surface area contributed by atoms with E-state index in [1.807, 2.05) is 13.8 Å². The maximum atomic E-state index is 12.3. The Morgan fingerprint density at radius 1 is 1.48 bits per heavy atom. The third kappa shape index (κ3) is 4.65. The molecule has 1 aromatic carbocycles. The Morgan fingerprint density at radius 3 is 2.72 bits per heavy atom. The molecule has 1 amide bonds. The van der Waals surface area contributed by atoms with Gasteiger partial charge in [-0.05, 0) is 37.6 Å². The van der Waals surface area contributed by atoms with Gasteiger partial charge in [0.25, 0.3) is 5.91 Å². The molecule has 134 valence electrons. The molecule has 0 atom stereocenters. The molecule has 0 spiro atoms. The van der Waals surface area contributed by atoms with E-state index in [9.17, 15) is 9.59 Å². The number of ether oxygens (including phenoxy) is 2. The summed E-state index contributed by atoms with van der Waals surface area (Å²) >= 11 is 12.4. The predicted octanol–water partition coefficient (Wildman–Crippen LogP) is 3.42. The first kappa shape index (κ1) is 19.6. The van der Waals surface area contributed by atoms with Crippen LogP contribution >= 0.6 is 35.6 Å². The molecule has 1 aromatic rings. The highest BCUT2D eigenvalue weighted by molar-refractivity contribution is 8.26. The lowest BCUT2D eigenvalue weighted by Crippen LogP contribution is -2.33. The van der Waals surface area contributed by atoms with Crippen molar-refractivity contribution in [1.82, 2.24) is 4.90 Å². The number of aliphatic carboxylic acids is 1. The number of benzene rings is 1. The molecule has 6 nitrogen and oxygen atoms in total. The van der Waals surface area contributed by atoms with Crippen LogP contribution in [-0.2, 0) is 9.59 Å². The van der Waals surface area contributed by atoms with E-state index in [0.29, 0.717) is 27.0 Å². The van der Waals surface area contributed by atoms with Crippen molar-refractivity contribution in [2.75, 3.05) is 13.7 Å². The SMILES string of the molecule is COc1cc(/C=C2\SC(=S)N(CC(=O)O)C2=O)cc(Cl)c1OC(C)C. The number of amides is 1. The van der Waals surface area contributed by atoms with Gasteiger partial charge in [0.1, 0.15) is 10.9 Å². The maximum Gasteiger partial charge on any atom is 0.323 e. The number of carbonyl (C=O) groups excluding carboxylic acids is 1. The van der Waals surface area contributed by atoms with Crippen LogP contribution in [-0.4, -0.2) is 46.0 Å². The number of carbonyl (C=O) groups is 2. The predicted molar refractivity (Wildman–Crippen MR) is 101 cm³/mol. The summed E-state index contributed by atoms with van der Waals surface area (Å²) in [5.74, 6) is -0.712. The summed E-state index contributed by atoms with van der Waals surface area (Å²) in [4.78, 5) is 24.5. The minimum atomic E-state index is -1.13. The molecule has 0 saturated carbocycles. The van der Waals surface area contributed by atoms with Crippen LogP contribution in [0.5, 0.6) is 11.5 Å². The van der Waals surface area contributed by atoms with Crippen molar-refractivity contribution in [3.63, 3.8) is 0 Å². The Balaban J connectivity index is 2.35. The fourth-order valence-electron chi connectivity index (χ4n) is 2.10. The van der Waals surface area contributed by atoms with E-state index >= 15 is 0 Å². The van der Waals surface area contributed by atoms with Gasteiger partial charge in [-0.2, -0.15) is 0 Å². The fraction of sp³-hybridized carbons (Fsp3) is 0.312. The highest BCUT2D eigenvalue weighted by Gasteiger charge is 2.33. The van der Waals surface area contributed by atoms with Crippen LogP contribution in [0.25, 0.3) is 6.08 Å². The number of thioether (sulfide) groups is 1. The van der Waals surface area contributed by atoms with Gasteiger partial charge < -0.3 is 14.6 Å². The molecule has 0 bridgehead atoms. The van der Waals surface area contributed by atoms with Crippen LogP contribution < -0.4 is 9.47 Å².